The highest BCUT2D eigenvalue weighted by Crippen LogP contribution is 2.45. The summed E-state index contributed by atoms with van der Waals surface area (Å²) < 4.78 is 0. The van der Waals surface area contributed by atoms with E-state index >= 15 is 0 Å². The molecule has 0 aromatic heterocycles. The second kappa shape index (κ2) is 14.0. The van der Waals surface area contributed by atoms with Crippen LogP contribution in [0.5, 0.6) is 17.2 Å². The van der Waals surface area contributed by atoms with Crippen LogP contribution in [0.3, 0.4) is 0 Å². The van der Waals surface area contributed by atoms with Crippen LogP contribution in [0.15, 0.2) is 36.4 Å². The van der Waals surface area contributed by atoms with Crippen molar-refractivity contribution in [1.82, 2.24) is 0 Å². The van der Waals surface area contributed by atoms with E-state index in [0.29, 0.717) is 17.2 Å². The van der Waals surface area contributed by atoms with Crippen molar-refractivity contribution in [3.63, 3.8) is 0 Å². The fourth-order valence-electron chi connectivity index (χ4n) is 6.11. The molecule has 1 unspecified atom stereocenters. The predicted molar refractivity (Wildman–Crippen MR) is 190 cm³/mol. The zero-order chi connectivity index (χ0) is 33.9. The predicted octanol–water partition coefficient (Wildman–Crippen LogP) is 11.8. The maximum Gasteiger partial charge on any atom is 0.119 e. The first-order valence-electron chi connectivity index (χ1n) is 16.6. The van der Waals surface area contributed by atoms with Crippen LogP contribution in [0.25, 0.3) is 0 Å². The third-order valence-corrected chi connectivity index (χ3v) is 8.95. The number of phenolic OH excluding ortho intramolecular Hbond substituents is 3. The maximum atomic E-state index is 10.9. The number of phenols is 3. The summed E-state index contributed by atoms with van der Waals surface area (Å²) in [5, 5.41) is 32.6. The Bertz CT molecular complexity index is 1350. The smallest absolute Gasteiger partial charge is 0.119 e. The Hall–Kier alpha value is -2.94. The Morgan fingerprint density at radius 1 is 0.500 bits per heavy atom. The molecule has 3 rings (SSSR count). The number of hydrogen-bond donors (Lipinski definition) is 3. The summed E-state index contributed by atoms with van der Waals surface area (Å²) in [5.74, 6) is 1.27. The molecule has 0 bridgehead atoms. The van der Waals surface area contributed by atoms with Crippen molar-refractivity contribution in [3.05, 3.63) is 86.5 Å². The maximum absolute atomic E-state index is 10.9. The lowest BCUT2D eigenvalue weighted by Crippen LogP contribution is -2.17. The molecule has 0 aliphatic rings. The zero-order valence-corrected chi connectivity index (χ0v) is 30.6. The molecular formula is C41H62O3. The minimum absolute atomic E-state index is 0.0460. The summed E-state index contributed by atoms with van der Waals surface area (Å²) in [6.45, 7) is 32.1. The second-order valence-electron chi connectivity index (χ2n) is 16.1. The Morgan fingerprint density at radius 2 is 0.773 bits per heavy atom. The summed E-state index contributed by atoms with van der Waals surface area (Å²) in [4.78, 5) is 0. The third-order valence-electron chi connectivity index (χ3n) is 8.95. The van der Waals surface area contributed by atoms with Crippen molar-refractivity contribution in [2.45, 2.75) is 151 Å². The Balaban J connectivity index is 0.00000159. The van der Waals surface area contributed by atoms with Gasteiger partial charge in [-0.2, -0.15) is 0 Å². The summed E-state index contributed by atoms with van der Waals surface area (Å²) in [7, 11) is 0. The molecule has 1 atom stereocenters. The Kier molecular flexibility index (Phi) is 11.9. The van der Waals surface area contributed by atoms with Crippen LogP contribution in [0.4, 0.5) is 0 Å². The lowest BCUT2D eigenvalue weighted by molar-refractivity contribution is 0.444. The van der Waals surface area contributed by atoms with Crippen LogP contribution in [-0.2, 0) is 16.2 Å². The molecule has 0 saturated heterocycles. The molecule has 3 nitrogen and oxygen atoms in total. The quantitative estimate of drug-likeness (QED) is 0.263. The third kappa shape index (κ3) is 8.83. The number of aromatic hydroxyl groups is 3. The van der Waals surface area contributed by atoms with Crippen LogP contribution in [0, 0.1) is 20.8 Å². The molecule has 0 amide bonds. The van der Waals surface area contributed by atoms with E-state index in [0.717, 1.165) is 39.8 Å². The fourth-order valence-corrected chi connectivity index (χ4v) is 6.11. The van der Waals surface area contributed by atoms with E-state index in [9.17, 15) is 15.3 Å². The van der Waals surface area contributed by atoms with Crippen molar-refractivity contribution in [3.8, 4) is 17.2 Å². The first-order valence-corrected chi connectivity index (χ1v) is 16.6. The minimum atomic E-state index is -0.210. The Morgan fingerprint density at radius 3 is 1.05 bits per heavy atom. The largest absolute Gasteiger partial charge is 0.508 e. The number of aryl methyl sites for hydroxylation is 3. The highest BCUT2D eigenvalue weighted by molar-refractivity contribution is 5.53. The van der Waals surface area contributed by atoms with Crippen LogP contribution in [0.2, 0.25) is 0 Å². The van der Waals surface area contributed by atoms with E-state index in [1.54, 1.807) is 0 Å². The first-order chi connectivity index (χ1) is 20.0. The van der Waals surface area contributed by atoms with E-state index in [1.807, 2.05) is 18.2 Å². The molecule has 0 heterocycles. The van der Waals surface area contributed by atoms with Crippen molar-refractivity contribution in [2.75, 3.05) is 0 Å². The summed E-state index contributed by atoms with van der Waals surface area (Å²) in [6, 6.07) is 12.3. The van der Waals surface area contributed by atoms with E-state index in [2.05, 4.69) is 122 Å². The van der Waals surface area contributed by atoms with Gasteiger partial charge in [0.15, 0.2) is 0 Å². The van der Waals surface area contributed by atoms with Crippen LogP contribution >= 0.6 is 0 Å². The molecule has 0 aliphatic carbocycles. The van der Waals surface area contributed by atoms with Gasteiger partial charge in [-0.1, -0.05) is 114 Å². The first kappa shape index (κ1) is 37.2. The van der Waals surface area contributed by atoms with Crippen molar-refractivity contribution < 1.29 is 15.3 Å². The van der Waals surface area contributed by atoms with E-state index in [1.165, 1.54) is 29.5 Å². The van der Waals surface area contributed by atoms with Gasteiger partial charge in [-0.15, -0.1) is 0 Å². The van der Waals surface area contributed by atoms with Gasteiger partial charge < -0.3 is 15.3 Å². The second-order valence-corrected chi connectivity index (χ2v) is 16.1. The van der Waals surface area contributed by atoms with Gasteiger partial charge in [0.2, 0.25) is 0 Å². The van der Waals surface area contributed by atoms with Crippen molar-refractivity contribution >= 4 is 0 Å². The molecule has 44 heavy (non-hydrogen) atoms. The van der Waals surface area contributed by atoms with Gasteiger partial charge in [0.1, 0.15) is 17.2 Å². The monoisotopic (exact) mass is 602 g/mol. The lowest BCUT2D eigenvalue weighted by Gasteiger charge is -2.31. The van der Waals surface area contributed by atoms with E-state index < -0.39 is 0 Å². The van der Waals surface area contributed by atoms with Gasteiger partial charge in [-0.25, -0.2) is 0 Å². The molecule has 3 aromatic carbocycles. The number of unbranched alkanes of at least 4 members (excludes halogenated alkanes) is 1. The molecule has 3 aromatic rings. The molecule has 0 spiro atoms. The van der Waals surface area contributed by atoms with Crippen molar-refractivity contribution in [1.29, 1.82) is 0 Å². The number of benzene rings is 3. The van der Waals surface area contributed by atoms with Crippen LogP contribution in [-0.4, -0.2) is 15.3 Å². The van der Waals surface area contributed by atoms with Gasteiger partial charge in [-0.3, -0.25) is 0 Å². The normalized spacial score (nSPS) is 13.1. The molecular weight excluding hydrogens is 540 g/mol. The molecule has 0 aliphatic heterocycles. The molecule has 3 N–H and O–H groups in total. The molecule has 0 saturated carbocycles. The highest BCUT2D eigenvalue weighted by atomic mass is 16.3. The SMILES string of the molecule is CCCC.Cc1cc(O)c(C(C)(C)C)cc1C(C)CC(c1cc(C(C)(C)C)c(O)cc1C)c1cc(C(C)(C)C)c(O)cc1C. The van der Waals surface area contributed by atoms with Crippen LogP contribution in [0.1, 0.15) is 164 Å². The van der Waals surface area contributed by atoms with E-state index in [-0.39, 0.29) is 28.1 Å². The van der Waals surface area contributed by atoms with Gasteiger partial charge >= 0.3 is 0 Å². The number of rotatable bonds is 6. The lowest BCUT2D eigenvalue weighted by atomic mass is 9.74. The fraction of sp³-hybridized carbons (Fsp3) is 0.561. The average molecular weight is 603 g/mol. The average Bonchev–Trinajstić information content (AvgIpc) is 2.85. The standard InChI is InChI=1S/C37H52O3.C4H10/c1-21(25-18-29(35(5,6)7)32(38)15-22(25)2)14-28(26-19-30(36(8,9)10)33(39)16-23(26)3)27-20-31(37(11,12)13)34(40)17-24(27)4;1-3-4-2/h15-21,28,38-40H,14H2,1-13H3;3-4H2,1-2H3. The molecule has 0 radical (unpaired) electrons. The summed E-state index contributed by atoms with van der Waals surface area (Å²) in [6.07, 6.45) is 3.49. The summed E-state index contributed by atoms with van der Waals surface area (Å²) in [5.41, 5.74) is 9.11. The van der Waals surface area contributed by atoms with Gasteiger partial charge in [0.05, 0.1) is 0 Å². The topological polar surface area (TPSA) is 60.7 Å². The Labute approximate surface area is 269 Å². The highest BCUT2D eigenvalue weighted by Gasteiger charge is 2.29. The van der Waals surface area contributed by atoms with E-state index in [4.69, 9.17) is 0 Å². The van der Waals surface area contributed by atoms with Gasteiger partial charge in [0.25, 0.3) is 0 Å². The van der Waals surface area contributed by atoms with Crippen molar-refractivity contribution in [2.24, 2.45) is 0 Å². The van der Waals surface area contributed by atoms with Gasteiger partial charge in [0, 0.05) is 5.92 Å². The minimum Gasteiger partial charge on any atom is -0.508 e. The van der Waals surface area contributed by atoms with Crippen LogP contribution < -0.4 is 0 Å². The molecule has 3 heteroatoms. The molecule has 0 fully saturated rings. The zero-order valence-electron chi connectivity index (χ0n) is 30.6. The summed E-state index contributed by atoms with van der Waals surface area (Å²) >= 11 is 0. The molecule has 244 valence electrons. The number of hydrogen-bond acceptors (Lipinski definition) is 3. The van der Waals surface area contributed by atoms with Gasteiger partial charge in [-0.05, 0) is 118 Å².